The van der Waals surface area contributed by atoms with Crippen molar-refractivity contribution in [3.05, 3.63) is 35.6 Å². The van der Waals surface area contributed by atoms with Crippen LogP contribution in [0, 0.1) is 5.82 Å². The van der Waals surface area contributed by atoms with E-state index in [4.69, 9.17) is 0 Å². The summed E-state index contributed by atoms with van der Waals surface area (Å²) in [7, 11) is 0. The molecular weight excluding hydrogens is 269 g/mol. The van der Waals surface area contributed by atoms with E-state index in [1.807, 2.05) is 24.0 Å². The summed E-state index contributed by atoms with van der Waals surface area (Å²) in [5.74, 6) is 0.122. The van der Waals surface area contributed by atoms with Crippen molar-refractivity contribution in [3.8, 4) is 0 Å². The van der Waals surface area contributed by atoms with Gasteiger partial charge in [0.05, 0.1) is 0 Å². The maximum Gasteiger partial charge on any atom is 0.317 e. The molecule has 0 aromatic heterocycles. The van der Waals surface area contributed by atoms with Gasteiger partial charge >= 0.3 is 6.03 Å². The number of rotatable bonds is 5. The molecule has 2 atom stereocenters. The van der Waals surface area contributed by atoms with Crippen LogP contribution in [-0.2, 0) is 0 Å². The van der Waals surface area contributed by atoms with Gasteiger partial charge in [-0.2, -0.15) is 0 Å². The lowest BCUT2D eigenvalue weighted by Gasteiger charge is -2.19. The molecule has 0 aliphatic carbocycles. The first kappa shape index (κ1) is 15.8. The molecule has 1 heterocycles. The Bertz CT molecular complexity index is 463. The first-order valence-electron chi connectivity index (χ1n) is 7.61. The van der Waals surface area contributed by atoms with Crippen molar-refractivity contribution in [3.63, 3.8) is 0 Å². The van der Waals surface area contributed by atoms with Gasteiger partial charge < -0.3 is 15.5 Å². The van der Waals surface area contributed by atoms with Gasteiger partial charge in [0.2, 0.25) is 0 Å². The van der Waals surface area contributed by atoms with E-state index in [-0.39, 0.29) is 11.8 Å². The largest absolute Gasteiger partial charge is 0.338 e. The van der Waals surface area contributed by atoms with Gasteiger partial charge in [0, 0.05) is 32.2 Å². The second-order valence-corrected chi connectivity index (χ2v) is 5.63. The van der Waals surface area contributed by atoms with Crippen LogP contribution >= 0.6 is 0 Å². The Balaban J connectivity index is 1.76. The van der Waals surface area contributed by atoms with Gasteiger partial charge in [-0.05, 0) is 37.0 Å². The number of nitrogens with zero attached hydrogens (tertiary/aromatic N) is 1. The molecule has 0 radical (unpaired) electrons. The number of carbonyl (C=O) groups is 1. The lowest BCUT2D eigenvalue weighted by atomic mass is 10.0. The standard InChI is InChI=1S/C16H24FN3O/c1-3-18-16(21)20-9-8-15(11-20)19-10-12(2)13-4-6-14(17)7-5-13/h4-7,12,15,19H,3,8-11H2,1-2H3,(H,18,21)/t12-,15-/m0/s1. The Morgan fingerprint density at radius 2 is 2.14 bits per heavy atom. The van der Waals surface area contributed by atoms with Crippen molar-refractivity contribution in [2.75, 3.05) is 26.2 Å². The molecule has 0 unspecified atom stereocenters. The smallest absolute Gasteiger partial charge is 0.317 e. The van der Waals surface area contributed by atoms with Crippen LogP contribution in [-0.4, -0.2) is 43.2 Å². The molecule has 4 nitrogen and oxygen atoms in total. The first-order chi connectivity index (χ1) is 10.1. The molecule has 1 aliphatic rings. The van der Waals surface area contributed by atoms with Crippen molar-refractivity contribution >= 4 is 6.03 Å². The van der Waals surface area contributed by atoms with E-state index in [1.54, 1.807) is 0 Å². The van der Waals surface area contributed by atoms with Crippen LogP contribution in [0.1, 0.15) is 31.7 Å². The van der Waals surface area contributed by atoms with Crippen molar-refractivity contribution < 1.29 is 9.18 Å². The summed E-state index contributed by atoms with van der Waals surface area (Å²) in [6.07, 6.45) is 0.979. The third-order valence-corrected chi connectivity index (χ3v) is 3.96. The minimum absolute atomic E-state index is 0.0217. The lowest BCUT2D eigenvalue weighted by Crippen LogP contribution is -2.41. The molecule has 1 aromatic carbocycles. The number of hydrogen-bond donors (Lipinski definition) is 2. The zero-order chi connectivity index (χ0) is 15.2. The van der Waals surface area contributed by atoms with Gasteiger partial charge in [-0.3, -0.25) is 0 Å². The van der Waals surface area contributed by atoms with Gasteiger partial charge in [-0.25, -0.2) is 9.18 Å². The second-order valence-electron chi connectivity index (χ2n) is 5.63. The second kappa shape index (κ2) is 7.41. The Kier molecular flexibility index (Phi) is 5.56. The molecule has 0 spiro atoms. The molecule has 1 fully saturated rings. The van der Waals surface area contributed by atoms with E-state index in [1.165, 1.54) is 12.1 Å². The normalized spacial score (nSPS) is 19.6. The Morgan fingerprint density at radius 3 is 2.81 bits per heavy atom. The molecule has 1 aromatic rings. The van der Waals surface area contributed by atoms with Crippen molar-refractivity contribution in [1.82, 2.24) is 15.5 Å². The summed E-state index contributed by atoms with van der Waals surface area (Å²) < 4.78 is 12.9. The maximum atomic E-state index is 12.9. The van der Waals surface area contributed by atoms with Crippen LogP contribution in [0.3, 0.4) is 0 Å². The number of hydrogen-bond acceptors (Lipinski definition) is 2. The van der Waals surface area contributed by atoms with E-state index >= 15 is 0 Å². The van der Waals surface area contributed by atoms with E-state index in [9.17, 15) is 9.18 Å². The van der Waals surface area contributed by atoms with E-state index in [2.05, 4.69) is 17.6 Å². The summed E-state index contributed by atoms with van der Waals surface area (Å²) >= 11 is 0. The minimum Gasteiger partial charge on any atom is -0.338 e. The van der Waals surface area contributed by atoms with E-state index < -0.39 is 0 Å². The number of amides is 2. The molecule has 2 N–H and O–H groups in total. The number of nitrogens with one attached hydrogen (secondary N) is 2. The van der Waals surface area contributed by atoms with Gasteiger partial charge in [-0.15, -0.1) is 0 Å². The quantitative estimate of drug-likeness (QED) is 0.875. The Morgan fingerprint density at radius 1 is 1.43 bits per heavy atom. The van der Waals surface area contributed by atoms with Crippen LogP contribution in [0.15, 0.2) is 24.3 Å². The van der Waals surface area contributed by atoms with Crippen LogP contribution < -0.4 is 10.6 Å². The highest BCUT2D eigenvalue weighted by atomic mass is 19.1. The zero-order valence-corrected chi connectivity index (χ0v) is 12.7. The number of likely N-dealkylation sites (tertiary alicyclic amines) is 1. The molecule has 0 saturated carbocycles. The number of benzene rings is 1. The lowest BCUT2D eigenvalue weighted by molar-refractivity contribution is 0.208. The van der Waals surface area contributed by atoms with Crippen molar-refractivity contribution in [2.45, 2.75) is 32.2 Å². The van der Waals surface area contributed by atoms with Gasteiger partial charge in [0.15, 0.2) is 0 Å². The third-order valence-electron chi connectivity index (χ3n) is 3.96. The highest BCUT2D eigenvalue weighted by molar-refractivity contribution is 5.74. The monoisotopic (exact) mass is 293 g/mol. The molecule has 1 saturated heterocycles. The topological polar surface area (TPSA) is 44.4 Å². The summed E-state index contributed by atoms with van der Waals surface area (Å²) in [5, 5.41) is 6.33. The van der Waals surface area contributed by atoms with Crippen molar-refractivity contribution in [1.29, 1.82) is 0 Å². The molecule has 2 rings (SSSR count). The van der Waals surface area contributed by atoms with Crippen LogP contribution in [0.2, 0.25) is 0 Å². The average Bonchev–Trinajstić information content (AvgIpc) is 2.95. The fourth-order valence-corrected chi connectivity index (χ4v) is 2.63. The molecule has 2 amide bonds. The third kappa shape index (κ3) is 4.43. The number of carbonyl (C=O) groups excluding carboxylic acids is 1. The Labute approximate surface area is 125 Å². The van der Waals surface area contributed by atoms with Crippen LogP contribution in [0.5, 0.6) is 0 Å². The Hall–Kier alpha value is -1.62. The fraction of sp³-hybridized carbons (Fsp3) is 0.562. The average molecular weight is 293 g/mol. The van der Waals surface area contributed by atoms with E-state index in [0.717, 1.165) is 31.6 Å². The zero-order valence-electron chi connectivity index (χ0n) is 12.7. The molecule has 21 heavy (non-hydrogen) atoms. The van der Waals surface area contributed by atoms with Gasteiger partial charge in [-0.1, -0.05) is 19.1 Å². The molecule has 0 bridgehead atoms. The fourth-order valence-electron chi connectivity index (χ4n) is 2.63. The SMILES string of the molecule is CCNC(=O)N1CC[C@H](NC[C@H](C)c2ccc(F)cc2)C1. The van der Waals surface area contributed by atoms with Gasteiger partial charge in [0.1, 0.15) is 5.82 Å². The van der Waals surface area contributed by atoms with E-state index in [0.29, 0.717) is 18.5 Å². The van der Waals surface area contributed by atoms with Crippen LogP contribution in [0.4, 0.5) is 9.18 Å². The summed E-state index contributed by atoms with van der Waals surface area (Å²) in [6, 6.07) is 7.02. The first-order valence-corrected chi connectivity index (χ1v) is 7.61. The molecule has 1 aliphatic heterocycles. The predicted octanol–water partition coefficient (Wildman–Crippen LogP) is 2.32. The van der Waals surface area contributed by atoms with Crippen LogP contribution in [0.25, 0.3) is 0 Å². The predicted molar refractivity (Wildman–Crippen MR) is 81.9 cm³/mol. The van der Waals surface area contributed by atoms with Crippen molar-refractivity contribution in [2.24, 2.45) is 0 Å². The highest BCUT2D eigenvalue weighted by Crippen LogP contribution is 2.16. The summed E-state index contributed by atoms with van der Waals surface area (Å²) in [5.41, 5.74) is 1.13. The number of urea groups is 1. The minimum atomic E-state index is -0.202. The number of halogens is 1. The maximum absolute atomic E-state index is 12.9. The molecular formula is C16H24FN3O. The molecule has 5 heteroatoms. The summed E-state index contributed by atoms with van der Waals surface area (Å²) in [4.78, 5) is 13.6. The molecule has 116 valence electrons. The summed E-state index contributed by atoms with van der Waals surface area (Å²) in [6.45, 7) is 7.09. The highest BCUT2D eigenvalue weighted by Gasteiger charge is 2.25. The van der Waals surface area contributed by atoms with Gasteiger partial charge in [0.25, 0.3) is 0 Å².